The van der Waals surface area contributed by atoms with E-state index in [-0.39, 0.29) is 22.8 Å². The van der Waals surface area contributed by atoms with Gasteiger partial charge in [-0.15, -0.1) is 0 Å². The Morgan fingerprint density at radius 1 is 0.957 bits per heavy atom. The second-order valence-electron chi connectivity index (χ2n) is 12.1. The van der Waals surface area contributed by atoms with Gasteiger partial charge < -0.3 is 14.8 Å². The highest BCUT2D eigenvalue weighted by atomic mass is 16.6. The molecule has 2 aliphatic rings. The highest BCUT2D eigenvalue weighted by Gasteiger charge is 2.44. The van der Waals surface area contributed by atoms with Gasteiger partial charge in [0.05, 0.1) is 29.1 Å². The molecule has 0 aliphatic carbocycles. The SMILES string of the molecule is CC[C@@]1(OC(=O)C2=C(C)NC(C)=C(C(=O)OC)[C@@H]2c2cccc([N+](=O)[O-])c2)CCN(CCC(c2ccccc2)c2ccccc2)C1. The standard InChI is InChI=1S/C37H41N3O6/c1-5-37(20-22-39(24-37)21-19-31(27-13-8-6-9-14-27)28-15-10-7-11-16-28)46-36(42)33-26(3)38-25(2)32(35(41)45-4)34(33)29-17-12-18-30(23-29)40(43)44/h6-18,23,31,34,38H,5,19-22,24H2,1-4H3/t34-,37+/m0/s1. The van der Waals surface area contributed by atoms with Crippen LogP contribution in [0.4, 0.5) is 5.69 Å². The monoisotopic (exact) mass is 623 g/mol. The quantitative estimate of drug-likeness (QED) is 0.144. The van der Waals surface area contributed by atoms with Crippen molar-refractivity contribution in [2.24, 2.45) is 0 Å². The topological polar surface area (TPSA) is 111 Å². The number of carbonyl (C=O) groups excluding carboxylic acids is 2. The number of allylic oxidation sites excluding steroid dienone is 2. The Labute approximate surface area is 270 Å². The highest BCUT2D eigenvalue weighted by molar-refractivity contribution is 6.00. The largest absolute Gasteiger partial charge is 0.466 e. The molecule has 1 fully saturated rings. The summed E-state index contributed by atoms with van der Waals surface area (Å²) in [7, 11) is 1.27. The zero-order chi connectivity index (χ0) is 32.8. The number of nitrogens with one attached hydrogen (secondary N) is 1. The third-order valence-corrected chi connectivity index (χ3v) is 9.29. The number of hydrogen-bond donors (Lipinski definition) is 1. The highest BCUT2D eigenvalue weighted by Crippen LogP contribution is 2.42. The molecule has 5 rings (SSSR count). The number of likely N-dealkylation sites (tertiary alicyclic amines) is 1. The molecular formula is C37H41N3O6. The Kier molecular flexibility index (Phi) is 10.0. The molecule has 0 bridgehead atoms. The number of ether oxygens (including phenoxy) is 2. The number of methoxy groups -OCH3 is 1. The Hall–Kier alpha value is -4.76. The van der Waals surface area contributed by atoms with Crippen LogP contribution in [-0.2, 0) is 19.1 Å². The number of non-ortho nitro benzene ring substituents is 1. The molecule has 2 heterocycles. The van der Waals surface area contributed by atoms with E-state index in [1.807, 2.05) is 19.1 Å². The summed E-state index contributed by atoms with van der Waals surface area (Å²) in [6, 6.07) is 27.1. The Morgan fingerprint density at radius 2 is 1.57 bits per heavy atom. The Morgan fingerprint density at radius 3 is 2.13 bits per heavy atom. The van der Waals surface area contributed by atoms with Crippen LogP contribution in [-0.4, -0.2) is 54.1 Å². The minimum absolute atomic E-state index is 0.135. The van der Waals surface area contributed by atoms with Crippen LogP contribution < -0.4 is 5.32 Å². The number of nitro benzene ring substituents is 1. The van der Waals surface area contributed by atoms with Crippen LogP contribution >= 0.6 is 0 Å². The van der Waals surface area contributed by atoms with Crippen molar-refractivity contribution < 1.29 is 24.0 Å². The number of carbonyl (C=O) groups is 2. The molecule has 0 saturated carbocycles. The molecule has 9 heteroatoms. The van der Waals surface area contributed by atoms with Gasteiger partial charge in [-0.1, -0.05) is 79.7 Å². The maximum atomic E-state index is 14.2. The van der Waals surface area contributed by atoms with Crippen LogP contribution in [0.1, 0.15) is 68.6 Å². The molecule has 2 atom stereocenters. The van der Waals surface area contributed by atoms with E-state index in [1.165, 1.54) is 30.4 Å². The Bertz CT molecular complexity index is 1610. The fourth-order valence-corrected chi connectivity index (χ4v) is 6.82. The molecule has 9 nitrogen and oxygen atoms in total. The third-order valence-electron chi connectivity index (χ3n) is 9.29. The molecular weight excluding hydrogens is 582 g/mol. The van der Waals surface area contributed by atoms with Crippen LogP contribution in [0.3, 0.4) is 0 Å². The molecule has 46 heavy (non-hydrogen) atoms. The average Bonchev–Trinajstić information content (AvgIpc) is 3.48. The van der Waals surface area contributed by atoms with E-state index >= 15 is 0 Å². The van der Waals surface area contributed by atoms with Gasteiger partial charge in [-0.25, -0.2) is 9.59 Å². The van der Waals surface area contributed by atoms with Gasteiger partial charge in [-0.05, 0) is 49.9 Å². The van der Waals surface area contributed by atoms with Gasteiger partial charge in [0, 0.05) is 49.0 Å². The smallest absolute Gasteiger partial charge is 0.337 e. The van der Waals surface area contributed by atoms with E-state index in [2.05, 4.69) is 58.7 Å². The van der Waals surface area contributed by atoms with Gasteiger partial charge in [-0.2, -0.15) is 0 Å². The number of benzene rings is 3. The number of hydrogen-bond acceptors (Lipinski definition) is 8. The van der Waals surface area contributed by atoms with E-state index in [0.29, 0.717) is 36.3 Å². The lowest BCUT2D eigenvalue weighted by Gasteiger charge is -2.34. The normalized spacial score (nSPS) is 20.1. The first kappa shape index (κ1) is 32.6. The molecule has 0 amide bonds. The van der Waals surface area contributed by atoms with Crippen LogP contribution in [0.25, 0.3) is 0 Å². The molecule has 0 unspecified atom stereocenters. The number of nitrogens with zero attached hydrogens (tertiary/aromatic N) is 2. The summed E-state index contributed by atoms with van der Waals surface area (Å²) in [5.41, 5.74) is 3.63. The molecule has 0 radical (unpaired) electrons. The second kappa shape index (κ2) is 14.1. The second-order valence-corrected chi connectivity index (χ2v) is 12.1. The molecule has 3 aromatic carbocycles. The van der Waals surface area contributed by atoms with Gasteiger partial charge in [0.1, 0.15) is 5.60 Å². The van der Waals surface area contributed by atoms with Crippen LogP contribution in [0.2, 0.25) is 0 Å². The number of nitro groups is 1. The molecule has 0 aromatic heterocycles. The summed E-state index contributed by atoms with van der Waals surface area (Å²) in [6.45, 7) is 7.71. The predicted octanol–water partition coefficient (Wildman–Crippen LogP) is 6.62. The molecule has 3 aromatic rings. The average molecular weight is 624 g/mol. The predicted molar refractivity (Wildman–Crippen MR) is 176 cm³/mol. The summed E-state index contributed by atoms with van der Waals surface area (Å²) in [5.74, 6) is -1.83. The van der Waals surface area contributed by atoms with Crippen molar-refractivity contribution >= 4 is 17.6 Å². The van der Waals surface area contributed by atoms with E-state index < -0.39 is 28.4 Å². The first-order chi connectivity index (χ1) is 22.2. The molecule has 1 saturated heterocycles. The summed E-state index contributed by atoms with van der Waals surface area (Å²) in [5, 5.41) is 14.8. The number of rotatable bonds is 11. The van der Waals surface area contributed by atoms with E-state index in [9.17, 15) is 19.7 Å². The zero-order valence-electron chi connectivity index (χ0n) is 26.8. The lowest BCUT2D eigenvalue weighted by molar-refractivity contribution is -0.384. The maximum absolute atomic E-state index is 14.2. The Balaban J connectivity index is 1.38. The van der Waals surface area contributed by atoms with E-state index in [0.717, 1.165) is 19.5 Å². The van der Waals surface area contributed by atoms with Crippen molar-refractivity contribution in [1.82, 2.24) is 10.2 Å². The number of dihydropyridines is 1. The maximum Gasteiger partial charge on any atom is 0.337 e. The van der Waals surface area contributed by atoms with Gasteiger partial charge in [0.2, 0.25) is 0 Å². The lowest BCUT2D eigenvalue weighted by atomic mass is 9.80. The summed E-state index contributed by atoms with van der Waals surface area (Å²) in [4.78, 5) is 40.7. The van der Waals surface area contributed by atoms with Crippen molar-refractivity contribution in [3.8, 4) is 0 Å². The van der Waals surface area contributed by atoms with Gasteiger partial charge in [-0.3, -0.25) is 15.0 Å². The van der Waals surface area contributed by atoms with Gasteiger partial charge in [0.15, 0.2) is 0 Å². The molecule has 0 spiro atoms. The zero-order valence-corrected chi connectivity index (χ0v) is 26.8. The summed E-state index contributed by atoms with van der Waals surface area (Å²) < 4.78 is 11.5. The van der Waals surface area contributed by atoms with Crippen molar-refractivity contribution in [3.05, 3.63) is 134 Å². The fraction of sp³-hybridized carbons (Fsp3) is 0.351. The number of esters is 2. The summed E-state index contributed by atoms with van der Waals surface area (Å²) in [6.07, 6.45) is 2.21. The van der Waals surface area contributed by atoms with E-state index in [4.69, 9.17) is 9.47 Å². The first-order valence-corrected chi connectivity index (χ1v) is 15.7. The molecule has 240 valence electrons. The first-order valence-electron chi connectivity index (χ1n) is 15.7. The molecule has 1 N–H and O–H groups in total. The molecule has 2 aliphatic heterocycles. The summed E-state index contributed by atoms with van der Waals surface area (Å²) >= 11 is 0. The fourth-order valence-electron chi connectivity index (χ4n) is 6.82. The van der Waals surface area contributed by atoms with Crippen molar-refractivity contribution in [2.45, 2.75) is 57.5 Å². The van der Waals surface area contributed by atoms with Crippen LogP contribution in [0.5, 0.6) is 0 Å². The van der Waals surface area contributed by atoms with Crippen molar-refractivity contribution in [2.75, 3.05) is 26.7 Å². The van der Waals surface area contributed by atoms with Crippen LogP contribution in [0, 0.1) is 10.1 Å². The van der Waals surface area contributed by atoms with Crippen LogP contribution in [0.15, 0.2) is 107 Å². The third kappa shape index (κ3) is 6.89. The minimum Gasteiger partial charge on any atom is -0.466 e. The van der Waals surface area contributed by atoms with Crippen molar-refractivity contribution in [1.29, 1.82) is 0 Å². The van der Waals surface area contributed by atoms with E-state index in [1.54, 1.807) is 26.0 Å². The lowest BCUT2D eigenvalue weighted by Crippen LogP contribution is -2.40. The van der Waals surface area contributed by atoms with Gasteiger partial charge >= 0.3 is 11.9 Å². The van der Waals surface area contributed by atoms with Gasteiger partial charge in [0.25, 0.3) is 5.69 Å². The minimum atomic E-state index is -0.898. The van der Waals surface area contributed by atoms with Crippen molar-refractivity contribution in [3.63, 3.8) is 0 Å².